The van der Waals surface area contributed by atoms with Gasteiger partial charge in [0.2, 0.25) is 0 Å². The molecular formula is C14H15N3OS. The van der Waals surface area contributed by atoms with Crippen LogP contribution in [0.3, 0.4) is 0 Å². The van der Waals surface area contributed by atoms with E-state index in [9.17, 15) is 4.79 Å². The molecule has 0 aliphatic carbocycles. The standard InChI is InChI=1S/C14H15N3OS/c1-2-3-7-17-13(10-19-14(17)18)16-12-6-4-5-11(8-12)9-15/h4-6,8,10,16H,2-3,7H2,1H3. The Labute approximate surface area is 115 Å². The molecule has 0 atom stereocenters. The van der Waals surface area contributed by atoms with Crippen LogP contribution in [-0.2, 0) is 6.54 Å². The molecule has 0 unspecified atom stereocenters. The van der Waals surface area contributed by atoms with Gasteiger partial charge in [-0.25, -0.2) is 0 Å². The summed E-state index contributed by atoms with van der Waals surface area (Å²) in [6, 6.07) is 9.33. The van der Waals surface area contributed by atoms with Crippen molar-refractivity contribution in [2.75, 3.05) is 5.32 Å². The predicted octanol–water partition coefficient (Wildman–Crippen LogP) is 3.33. The first-order chi connectivity index (χ1) is 9.24. The van der Waals surface area contributed by atoms with E-state index in [-0.39, 0.29) is 4.87 Å². The molecule has 1 aromatic heterocycles. The Morgan fingerprint density at radius 1 is 1.47 bits per heavy atom. The molecule has 4 nitrogen and oxygen atoms in total. The summed E-state index contributed by atoms with van der Waals surface area (Å²) in [6.07, 6.45) is 2.02. The summed E-state index contributed by atoms with van der Waals surface area (Å²) < 4.78 is 1.74. The number of nitrogens with one attached hydrogen (secondary N) is 1. The summed E-state index contributed by atoms with van der Waals surface area (Å²) in [5.41, 5.74) is 1.42. The van der Waals surface area contributed by atoms with Gasteiger partial charge in [0, 0.05) is 17.6 Å². The molecule has 0 saturated carbocycles. The van der Waals surface area contributed by atoms with E-state index in [1.165, 1.54) is 11.3 Å². The Morgan fingerprint density at radius 2 is 2.32 bits per heavy atom. The smallest absolute Gasteiger partial charge is 0.308 e. The zero-order valence-corrected chi connectivity index (χ0v) is 11.5. The lowest BCUT2D eigenvalue weighted by Gasteiger charge is -2.09. The van der Waals surface area contributed by atoms with Crippen molar-refractivity contribution < 1.29 is 0 Å². The number of unbranched alkanes of at least 4 members (excludes halogenated alkanes) is 1. The first-order valence-corrected chi connectivity index (χ1v) is 7.08. The highest BCUT2D eigenvalue weighted by molar-refractivity contribution is 7.07. The molecule has 1 aromatic carbocycles. The molecular weight excluding hydrogens is 258 g/mol. The lowest BCUT2D eigenvalue weighted by atomic mass is 10.2. The Bertz CT molecular complexity index is 651. The summed E-state index contributed by atoms with van der Waals surface area (Å²) in [7, 11) is 0. The zero-order chi connectivity index (χ0) is 13.7. The molecule has 19 heavy (non-hydrogen) atoms. The third-order valence-corrected chi connectivity index (χ3v) is 3.55. The van der Waals surface area contributed by atoms with E-state index < -0.39 is 0 Å². The topological polar surface area (TPSA) is 57.8 Å². The molecule has 0 fully saturated rings. The predicted molar refractivity (Wildman–Crippen MR) is 77.9 cm³/mol. The Kier molecular flexibility index (Phi) is 4.37. The summed E-state index contributed by atoms with van der Waals surface area (Å²) in [5, 5.41) is 13.9. The highest BCUT2D eigenvalue weighted by atomic mass is 32.1. The van der Waals surface area contributed by atoms with E-state index >= 15 is 0 Å². The van der Waals surface area contributed by atoms with E-state index in [0.29, 0.717) is 5.56 Å². The van der Waals surface area contributed by atoms with Gasteiger partial charge in [0.25, 0.3) is 0 Å². The van der Waals surface area contributed by atoms with Crippen molar-refractivity contribution in [3.05, 3.63) is 44.9 Å². The normalized spacial score (nSPS) is 10.1. The summed E-state index contributed by atoms with van der Waals surface area (Å²) in [6.45, 7) is 2.82. The molecule has 0 amide bonds. The van der Waals surface area contributed by atoms with Gasteiger partial charge in [-0.2, -0.15) is 5.26 Å². The van der Waals surface area contributed by atoms with Crippen molar-refractivity contribution in [1.29, 1.82) is 5.26 Å². The van der Waals surface area contributed by atoms with Gasteiger partial charge in [0.1, 0.15) is 5.82 Å². The first kappa shape index (κ1) is 13.4. The van der Waals surface area contributed by atoms with Gasteiger partial charge >= 0.3 is 4.87 Å². The highest BCUT2D eigenvalue weighted by Gasteiger charge is 2.06. The van der Waals surface area contributed by atoms with Crippen molar-refractivity contribution in [1.82, 2.24) is 4.57 Å². The molecule has 2 rings (SSSR count). The van der Waals surface area contributed by atoms with Crippen molar-refractivity contribution in [2.24, 2.45) is 0 Å². The fraction of sp³-hybridized carbons (Fsp3) is 0.286. The van der Waals surface area contributed by atoms with Crippen molar-refractivity contribution >= 4 is 22.8 Å². The quantitative estimate of drug-likeness (QED) is 0.909. The van der Waals surface area contributed by atoms with Crippen LogP contribution in [0, 0.1) is 11.3 Å². The van der Waals surface area contributed by atoms with E-state index in [1.807, 2.05) is 17.5 Å². The van der Waals surface area contributed by atoms with Gasteiger partial charge in [-0.15, -0.1) is 0 Å². The van der Waals surface area contributed by atoms with Crippen LogP contribution in [0.2, 0.25) is 0 Å². The molecule has 0 radical (unpaired) electrons. The minimum absolute atomic E-state index is 0.0485. The molecule has 98 valence electrons. The number of nitrogens with zero attached hydrogens (tertiary/aromatic N) is 2. The van der Waals surface area contributed by atoms with Gasteiger partial charge in [-0.1, -0.05) is 30.7 Å². The monoisotopic (exact) mass is 273 g/mol. The number of hydrogen-bond acceptors (Lipinski definition) is 4. The Morgan fingerprint density at radius 3 is 3.05 bits per heavy atom. The van der Waals surface area contributed by atoms with Gasteiger partial charge in [0.05, 0.1) is 11.6 Å². The summed E-state index contributed by atoms with van der Waals surface area (Å²) in [5.74, 6) is 0.790. The lowest BCUT2D eigenvalue weighted by molar-refractivity contribution is 0.630. The average molecular weight is 273 g/mol. The van der Waals surface area contributed by atoms with E-state index in [1.54, 1.807) is 16.7 Å². The minimum atomic E-state index is 0.0485. The maximum absolute atomic E-state index is 11.7. The van der Waals surface area contributed by atoms with E-state index in [2.05, 4.69) is 18.3 Å². The minimum Gasteiger partial charge on any atom is -0.341 e. The largest absolute Gasteiger partial charge is 0.341 e. The number of anilines is 2. The van der Waals surface area contributed by atoms with Gasteiger partial charge in [0.15, 0.2) is 0 Å². The number of thiazole rings is 1. The maximum atomic E-state index is 11.7. The molecule has 0 aliphatic heterocycles. The molecule has 0 bridgehead atoms. The van der Waals surface area contributed by atoms with Crippen LogP contribution < -0.4 is 10.2 Å². The first-order valence-electron chi connectivity index (χ1n) is 6.20. The van der Waals surface area contributed by atoms with Crippen LogP contribution >= 0.6 is 11.3 Å². The number of hydrogen-bond donors (Lipinski definition) is 1. The van der Waals surface area contributed by atoms with Crippen molar-refractivity contribution in [2.45, 2.75) is 26.3 Å². The third kappa shape index (κ3) is 3.24. The van der Waals surface area contributed by atoms with Gasteiger partial charge in [-0.3, -0.25) is 9.36 Å². The second-order valence-electron chi connectivity index (χ2n) is 4.21. The van der Waals surface area contributed by atoms with Crippen molar-refractivity contribution in [3.63, 3.8) is 0 Å². The lowest BCUT2D eigenvalue weighted by Crippen LogP contribution is -2.15. The number of rotatable bonds is 5. The van der Waals surface area contributed by atoms with E-state index in [0.717, 1.165) is 30.9 Å². The zero-order valence-electron chi connectivity index (χ0n) is 10.7. The van der Waals surface area contributed by atoms with Crippen LogP contribution in [-0.4, -0.2) is 4.57 Å². The second kappa shape index (κ2) is 6.21. The number of benzene rings is 1. The second-order valence-corrected chi connectivity index (χ2v) is 5.03. The van der Waals surface area contributed by atoms with Crippen LogP contribution in [0.4, 0.5) is 11.5 Å². The fourth-order valence-corrected chi connectivity index (χ4v) is 2.49. The van der Waals surface area contributed by atoms with Crippen LogP contribution in [0.1, 0.15) is 25.3 Å². The molecule has 1 heterocycles. The molecule has 2 aromatic rings. The summed E-state index contributed by atoms with van der Waals surface area (Å²) in [4.78, 5) is 11.8. The number of nitriles is 1. The molecule has 0 spiro atoms. The third-order valence-electron chi connectivity index (χ3n) is 2.78. The fourth-order valence-electron chi connectivity index (χ4n) is 1.77. The highest BCUT2D eigenvalue weighted by Crippen LogP contribution is 2.18. The SMILES string of the molecule is CCCCn1c(Nc2cccc(C#N)c2)csc1=O. The Hall–Kier alpha value is -2.06. The van der Waals surface area contributed by atoms with Crippen LogP contribution in [0.25, 0.3) is 0 Å². The molecule has 1 N–H and O–H groups in total. The van der Waals surface area contributed by atoms with E-state index in [4.69, 9.17) is 5.26 Å². The van der Waals surface area contributed by atoms with Crippen molar-refractivity contribution in [3.8, 4) is 6.07 Å². The van der Waals surface area contributed by atoms with Gasteiger partial charge in [-0.05, 0) is 24.6 Å². The van der Waals surface area contributed by atoms with Gasteiger partial charge < -0.3 is 5.32 Å². The molecule has 0 aliphatic rings. The molecule has 0 saturated heterocycles. The molecule has 5 heteroatoms. The average Bonchev–Trinajstić information content (AvgIpc) is 2.77. The Balaban J connectivity index is 2.23. The maximum Gasteiger partial charge on any atom is 0.308 e. The number of aromatic nitrogens is 1. The van der Waals surface area contributed by atoms with Crippen LogP contribution in [0.5, 0.6) is 0 Å². The van der Waals surface area contributed by atoms with Crippen LogP contribution in [0.15, 0.2) is 34.4 Å². The summed E-state index contributed by atoms with van der Waals surface area (Å²) >= 11 is 1.19.